The van der Waals surface area contributed by atoms with Crippen LogP contribution in [0.4, 0.5) is 11.4 Å². The van der Waals surface area contributed by atoms with E-state index in [9.17, 15) is 4.79 Å². The van der Waals surface area contributed by atoms with Gasteiger partial charge in [0.1, 0.15) is 12.0 Å². The number of hydrogen-bond donors (Lipinski definition) is 2. The van der Waals surface area contributed by atoms with Crippen LogP contribution in [0.2, 0.25) is 0 Å². The molecule has 1 aliphatic rings. The number of nitrogens with one attached hydrogen (secondary N) is 2. The molecule has 0 radical (unpaired) electrons. The standard InChI is InChI=1S/C24H22N6O/c1-2-23(31)29-18-9-16(10-19(12-18)30-7-3-4-8-30)17-11-20-21(14-27-24(20)26-13-17)22-5-6-25-15-28-22/h2,5-6,9-15H,1,3-4,7-8H2,(H,26,27)(H,29,31). The van der Waals surface area contributed by atoms with Gasteiger partial charge in [-0.05, 0) is 54.8 Å². The Kier molecular flexibility index (Phi) is 4.92. The SMILES string of the molecule is C=CC(=O)Nc1cc(-c2cnc3[nH]cc(-c4ccncn4)c3c2)cc(N2CCCC2)c1. The van der Waals surface area contributed by atoms with Crippen molar-refractivity contribution in [2.75, 3.05) is 23.3 Å². The minimum absolute atomic E-state index is 0.227. The first-order chi connectivity index (χ1) is 15.2. The lowest BCUT2D eigenvalue weighted by Gasteiger charge is -2.20. The molecule has 1 aromatic carbocycles. The Labute approximate surface area is 179 Å². The molecule has 1 amide bonds. The zero-order chi connectivity index (χ0) is 21.2. The quantitative estimate of drug-likeness (QED) is 0.476. The fourth-order valence-electron chi connectivity index (χ4n) is 4.02. The largest absolute Gasteiger partial charge is 0.371 e. The van der Waals surface area contributed by atoms with E-state index in [4.69, 9.17) is 0 Å². The van der Waals surface area contributed by atoms with Gasteiger partial charge in [-0.2, -0.15) is 0 Å². The van der Waals surface area contributed by atoms with Crippen LogP contribution in [0.15, 0.2) is 67.9 Å². The molecular weight excluding hydrogens is 388 g/mol. The van der Waals surface area contributed by atoms with Gasteiger partial charge in [0.25, 0.3) is 0 Å². The monoisotopic (exact) mass is 410 g/mol. The number of rotatable bonds is 5. The lowest BCUT2D eigenvalue weighted by Crippen LogP contribution is -2.18. The summed E-state index contributed by atoms with van der Waals surface area (Å²) in [6.45, 7) is 5.60. The second kappa shape index (κ2) is 8.02. The molecule has 0 atom stereocenters. The molecule has 31 heavy (non-hydrogen) atoms. The number of carbonyl (C=O) groups is 1. The van der Waals surface area contributed by atoms with E-state index >= 15 is 0 Å². The first kappa shape index (κ1) is 19.0. The summed E-state index contributed by atoms with van der Waals surface area (Å²) in [5, 5.41) is 3.89. The normalized spacial score (nSPS) is 13.5. The number of fused-ring (bicyclic) bond motifs is 1. The molecule has 7 nitrogen and oxygen atoms in total. The molecule has 1 saturated heterocycles. The van der Waals surface area contributed by atoms with Crippen LogP contribution in [0.25, 0.3) is 33.4 Å². The molecule has 5 rings (SSSR count). The molecule has 4 heterocycles. The van der Waals surface area contributed by atoms with Gasteiger partial charge < -0.3 is 15.2 Å². The lowest BCUT2D eigenvalue weighted by atomic mass is 10.0. The van der Waals surface area contributed by atoms with Crippen molar-refractivity contribution < 1.29 is 4.79 Å². The molecule has 0 aliphatic carbocycles. The summed E-state index contributed by atoms with van der Waals surface area (Å²) in [6, 6.07) is 10.1. The summed E-state index contributed by atoms with van der Waals surface area (Å²) in [7, 11) is 0. The van der Waals surface area contributed by atoms with E-state index in [0.29, 0.717) is 0 Å². The first-order valence-corrected chi connectivity index (χ1v) is 10.3. The smallest absolute Gasteiger partial charge is 0.247 e. The summed E-state index contributed by atoms with van der Waals surface area (Å²) >= 11 is 0. The maximum absolute atomic E-state index is 11.9. The van der Waals surface area contributed by atoms with Crippen molar-refractivity contribution in [1.29, 1.82) is 0 Å². The third-order valence-corrected chi connectivity index (χ3v) is 5.56. The van der Waals surface area contributed by atoms with Crippen LogP contribution in [0.1, 0.15) is 12.8 Å². The molecule has 2 N–H and O–H groups in total. The highest BCUT2D eigenvalue weighted by molar-refractivity contribution is 6.00. The van der Waals surface area contributed by atoms with Gasteiger partial charge in [-0.15, -0.1) is 0 Å². The van der Waals surface area contributed by atoms with Gasteiger partial charge in [-0.25, -0.2) is 15.0 Å². The Morgan fingerprint density at radius 3 is 2.77 bits per heavy atom. The number of pyridine rings is 1. The van der Waals surface area contributed by atoms with Crippen LogP contribution in [-0.4, -0.2) is 38.9 Å². The third kappa shape index (κ3) is 3.77. The van der Waals surface area contributed by atoms with Crippen molar-refractivity contribution in [3.05, 3.63) is 67.9 Å². The average Bonchev–Trinajstić information content (AvgIpc) is 3.49. The van der Waals surface area contributed by atoms with Crippen LogP contribution in [0.3, 0.4) is 0 Å². The van der Waals surface area contributed by atoms with Gasteiger partial charge in [0.15, 0.2) is 0 Å². The Balaban J connectivity index is 1.61. The number of H-pyrrole nitrogens is 1. The molecule has 0 spiro atoms. The summed E-state index contributed by atoms with van der Waals surface area (Å²) in [4.78, 5) is 30.5. The van der Waals surface area contributed by atoms with Crippen molar-refractivity contribution >= 4 is 28.3 Å². The number of aromatic amines is 1. The van der Waals surface area contributed by atoms with Gasteiger partial charge in [0.05, 0.1) is 5.69 Å². The van der Waals surface area contributed by atoms with Gasteiger partial charge in [0, 0.05) is 59.6 Å². The maximum Gasteiger partial charge on any atom is 0.247 e. The van der Waals surface area contributed by atoms with Gasteiger partial charge >= 0.3 is 0 Å². The minimum Gasteiger partial charge on any atom is -0.371 e. The van der Waals surface area contributed by atoms with Crippen LogP contribution in [-0.2, 0) is 4.79 Å². The Morgan fingerprint density at radius 2 is 2.00 bits per heavy atom. The van der Waals surface area contributed by atoms with E-state index in [1.807, 2.05) is 30.6 Å². The van der Waals surface area contributed by atoms with E-state index in [1.54, 1.807) is 12.5 Å². The number of carbonyl (C=O) groups excluding carboxylic acids is 1. The summed E-state index contributed by atoms with van der Waals surface area (Å²) in [5.74, 6) is -0.227. The van der Waals surface area contributed by atoms with Crippen molar-refractivity contribution in [3.8, 4) is 22.4 Å². The molecule has 1 fully saturated rings. The fraction of sp³-hybridized carbons (Fsp3) is 0.167. The molecule has 0 bridgehead atoms. The average molecular weight is 410 g/mol. The number of nitrogens with zero attached hydrogens (tertiary/aromatic N) is 4. The van der Waals surface area contributed by atoms with E-state index in [2.05, 4.69) is 48.9 Å². The number of benzene rings is 1. The number of aromatic nitrogens is 4. The molecule has 3 aromatic heterocycles. The van der Waals surface area contributed by atoms with Crippen molar-refractivity contribution in [3.63, 3.8) is 0 Å². The van der Waals surface area contributed by atoms with Crippen LogP contribution in [0, 0.1) is 0 Å². The maximum atomic E-state index is 11.9. The number of amides is 1. The van der Waals surface area contributed by atoms with Crippen LogP contribution < -0.4 is 10.2 Å². The zero-order valence-electron chi connectivity index (χ0n) is 17.0. The molecule has 7 heteroatoms. The summed E-state index contributed by atoms with van der Waals surface area (Å²) in [6.07, 6.45) is 10.7. The number of anilines is 2. The first-order valence-electron chi connectivity index (χ1n) is 10.3. The van der Waals surface area contributed by atoms with Crippen molar-refractivity contribution in [1.82, 2.24) is 19.9 Å². The predicted octanol–water partition coefficient (Wildman–Crippen LogP) is 4.41. The van der Waals surface area contributed by atoms with E-state index in [0.717, 1.165) is 57.9 Å². The Bertz CT molecular complexity index is 1260. The van der Waals surface area contributed by atoms with Crippen LogP contribution in [0.5, 0.6) is 0 Å². The second-order valence-corrected chi connectivity index (χ2v) is 7.57. The molecule has 0 saturated carbocycles. The van der Waals surface area contributed by atoms with Gasteiger partial charge in [-0.1, -0.05) is 6.58 Å². The van der Waals surface area contributed by atoms with E-state index in [1.165, 1.54) is 18.9 Å². The molecule has 1 aliphatic heterocycles. The second-order valence-electron chi connectivity index (χ2n) is 7.57. The summed E-state index contributed by atoms with van der Waals surface area (Å²) in [5.41, 5.74) is 6.42. The van der Waals surface area contributed by atoms with Gasteiger partial charge in [-0.3, -0.25) is 4.79 Å². The number of hydrogen-bond acceptors (Lipinski definition) is 5. The van der Waals surface area contributed by atoms with Crippen molar-refractivity contribution in [2.24, 2.45) is 0 Å². The molecular formula is C24H22N6O. The molecule has 4 aromatic rings. The van der Waals surface area contributed by atoms with E-state index in [-0.39, 0.29) is 5.91 Å². The zero-order valence-corrected chi connectivity index (χ0v) is 17.0. The minimum atomic E-state index is -0.227. The fourth-order valence-corrected chi connectivity index (χ4v) is 4.02. The van der Waals surface area contributed by atoms with Crippen molar-refractivity contribution in [2.45, 2.75) is 12.8 Å². The Morgan fingerprint density at radius 1 is 1.13 bits per heavy atom. The lowest BCUT2D eigenvalue weighted by molar-refractivity contribution is -0.111. The predicted molar refractivity (Wildman–Crippen MR) is 123 cm³/mol. The third-order valence-electron chi connectivity index (χ3n) is 5.56. The van der Waals surface area contributed by atoms with Crippen LogP contribution >= 0.6 is 0 Å². The highest BCUT2D eigenvalue weighted by atomic mass is 16.1. The molecule has 154 valence electrons. The highest BCUT2D eigenvalue weighted by Crippen LogP contribution is 2.34. The topological polar surface area (TPSA) is 86.8 Å². The summed E-state index contributed by atoms with van der Waals surface area (Å²) < 4.78 is 0. The Hall–Kier alpha value is -4.00. The van der Waals surface area contributed by atoms with E-state index < -0.39 is 0 Å². The molecule has 0 unspecified atom stereocenters. The highest BCUT2D eigenvalue weighted by Gasteiger charge is 2.16. The van der Waals surface area contributed by atoms with Gasteiger partial charge in [0.2, 0.25) is 5.91 Å².